The summed E-state index contributed by atoms with van der Waals surface area (Å²) in [6, 6.07) is 10.8. The Balaban J connectivity index is 1.54. The zero-order chi connectivity index (χ0) is 24.9. The Kier molecular flexibility index (Phi) is 5.65. The fraction of sp³-hybridized carbons (Fsp3) is 0.269. The van der Waals surface area contributed by atoms with Gasteiger partial charge in [-0.25, -0.2) is 14.8 Å². The van der Waals surface area contributed by atoms with Crippen LogP contribution in [0.2, 0.25) is 5.02 Å². The summed E-state index contributed by atoms with van der Waals surface area (Å²) in [5.74, 6) is 0.757. The SMILES string of the molecule is Cc1cc(-c2ccc(-n3ccn(C)c3=O)c(Cl)c2)c(O)c(-c2ccnc(N3CC[C@](C)(O)C3)c2)n1. The van der Waals surface area contributed by atoms with Gasteiger partial charge < -0.3 is 19.7 Å². The molecule has 0 amide bonds. The zero-order valence-corrected chi connectivity index (χ0v) is 20.5. The molecule has 0 spiro atoms. The number of β-amino-alcohol motifs (C(OH)–C–C–N with tert-alkyl or cyclic N) is 1. The van der Waals surface area contributed by atoms with Gasteiger partial charge in [0.25, 0.3) is 0 Å². The molecule has 180 valence electrons. The van der Waals surface area contributed by atoms with Gasteiger partial charge in [0, 0.05) is 55.5 Å². The molecular weight excluding hydrogens is 466 g/mol. The van der Waals surface area contributed by atoms with Crippen LogP contribution in [0.1, 0.15) is 19.0 Å². The molecule has 0 aliphatic carbocycles. The summed E-state index contributed by atoms with van der Waals surface area (Å²) in [6.07, 6.45) is 5.69. The van der Waals surface area contributed by atoms with Crippen LogP contribution in [-0.4, -0.2) is 48.0 Å². The molecule has 0 bridgehead atoms. The Bertz CT molecular complexity index is 1490. The zero-order valence-electron chi connectivity index (χ0n) is 19.7. The van der Waals surface area contributed by atoms with Crippen molar-refractivity contribution in [3.05, 3.63) is 76.2 Å². The summed E-state index contributed by atoms with van der Waals surface area (Å²) in [6.45, 7) is 4.89. The van der Waals surface area contributed by atoms with E-state index in [-0.39, 0.29) is 11.4 Å². The van der Waals surface area contributed by atoms with E-state index in [0.717, 1.165) is 17.1 Å². The highest BCUT2D eigenvalue weighted by molar-refractivity contribution is 6.32. The van der Waals surface area contributed by atoms with Crippen molar-refractivity contribution in [2.75, 3.05) is 18.0 Å². The molecule has 1 fully saturated rings. The van der Waals surface area contributed by atoms with Crippen LogP contribution in [0.5, 0.6) is 5.75 Å². The van der Waals surface area contributed by atoms with Crippen LogP contribution in [0.4, 0.5) is 5.82 Å². The molecule has 1 aromatic carbocycles. The first-order chi connectivity index (χ1) is 16.6. The Labute approximate surface area is 207 Å². The van der Waals surface area contributed by atoms with Crippen LogP contribution in [0, 0.1) is 6.92 Å². The molecule has 35 heavy (non-hydrogen) atoms. The molecule has 0 radical (unpaired) electrons. The third-order valence-corrected chi connectivity index (χ3v) is 6.68. The van der Waals surface area contributed by atoms with E-state index in [0.29, 0.717) is 47.0 Å². The van der Waals surface area contributed by atoms with E-state index in [1.807, 2.05) is 30.9 Å². The predicted molar refractivity (Wildman–Crippen MR) is 136 cm³/mol. The summed E-state index contributed by atoms with van der Waals surface area (Å²) in [5.41, 5.74) is 2.81. The standard InChI is InChI=1S/C26H26ClN5O3/c1-16-12-19(17-4-5-21(20(27)13-17)32-11-10-30(3)25(32)34)24(33)23(29-16)18-6-8-28-22(14-18)31-9-7-26(2,35)15-31/h4-6,8,10-14,33,35H,7,9,15H2,1-3H3/t26-/m0/s1. The minimum atomic E-state index is -0.745. The third-order valence-electron chi connectivity index (χ3n) is 6.38. The van der Waals surface area contributed by atoms with Crippen molar-refractivity contribution in [3.8, 4) is 33.8 Å². The number of nitrogens with zero attached hydrogens (tertiary/aromatic N) is 5. The van der Waals surface area contributed by atoms with Crippen molar-refractivity contribution in [3.63, 3.8) is 0 Å². The number of aliphatic hydroxyl groups is 1. The number of hydrogen-bond donors (Lipinski definition) is 2. The number of imidazole rings is 1. The normalized spacial score (nSPS) is 17.8. The monoisotopic (exact) mass is 491 g/mol. The Hall–Kier alpha value is -3.62. The van der Waals surface area contributed by atoms with Gasteiger partial charge in [0.1, 0.15) is 17.3 Å². The van der Waals surface area contributed by atoms with Gasteiger partial charge in [0.05, 0.1) is 16.3 Å². The van der Waals surface area contributed by atoms with E-state index in [2.05, 4.69) is 9.97 Å². The molecule has 9 heteroatoms. The summed E-state index contributed by atoms with van der Waals surface area (Å²) in [5, 5.41) is 22.0. The number of rotatable bonds is 4. The molecule has 1 aliphatic rings. The van der Waals surface area contributed by atoms with E-state index in [1.165, 1.54) is 9.13 Å². The topological polar surface area (TPSA) is 96.4 Å². The largest absolute Gasteiger partial charge is 0.505 e. The molecule has 0 unspecified atom stereocenters. The smallest absolute Gasteiger partial charge is 0.332 e. The Morgan fingerprint density at radius 1 is 1.11 bits per heavy atom. The van der Waals surface area contributed by atoms with Gasteiger partial charge in [-0.2, -0.15) is 0 Å². The second kappa shape index (κ2) is 8.55. The van der Waals surface area contributed by atoms with Crippen LogP contribution in [-0.2, 0) is 7.05 Å². The van der Waals surface area contributed by atoms with Crippen LogP contribution < -0.4 is 10.6 Å². The number of anilines is 1. The molecule has 1 atom stereocenters. The number of aromatic hydroxyl groups is 1. The van der Waals surface area contributed by atoms with Crippen molar-refractivity contribution >= 4 is 17.4 Å². The highest BCUT2D eigenvalue weighted by Crippen LogP contribution is 2.39. The first-order valence-corrected chi connectivity index (χ1v) is 11.7. The molecule has 1 saturated heterocycles. The Morgan fingerprint density at radius 3 is 2.57 bits per heavy atom. The number of aromatic nitrogens is 4. The first-order valence-electron chi connectivity index (χ1n) is 11.3. The minimum Gasteiger partial charge on any atom is -0.505 e. The average molecular weight is 492 g/mol. The molecule has 3 aromatic heterocycles. The van der Waals surface area contributed by atoms with Gasteiger partial charge in [-0.15, -0.1) is 0 Å². The maximum absolute atomic E-state index is 12.3. The number of benzene rings is 1. The van der Waals surface area contributed by atoms with Crippen molar-refractivity contribution in [1.29, 1.82) is 0 Å². The summed E-state index contributed by atoms with van der Waals surface area (Å²) in [4.78, 5) is 23.4. The van der Waals surface area contributed by atoms with E-state index in [4.69, 9.17) is 11.6 Å². The van der Waals surface area contributed by atoms with Crippen LogP contribution in [0.3, 0.4) is 0 Å². The van der Waals surface area contributed by atoms with Crippen molar-refractivity contribution in [1.82, 2.24) is 19.1 Å². The molecular formula is C26H26ClN5O3. The molecule has 4 heterocycles. The second-order valence-corrected chi connectivity index (χ2v) is 9.71. The Morgan fingerprint density at radius 2 is 1.91 bits per heavy atom. The van der Waals surface area contributed by atoms with Crippen LogP contribution in [0.15, 0.2) is 59.8 Å². The fourth-order valence-electron chi connectivity index (χ4n) is 4.48. The molecule has 0 saturated carbocycles. The average Bonchev–Trinajstić information content (AvgIpc) is 3.36. The molecule has 1 aliphatic heterocycles. The molecule has 8 nitrogen and oxygen atoms in total. The number of pyridine rings is 2. The van der Waals surface area contributed by atoms with E-state index < -0.39 is 5.60 Å². The van der Waals surface area contributed by atoms with Gasteiger partial charge in [-0.3, -0.25) is 4.57 Å². The van der Waals surface area contributed by atoms with Gasteiger partial charge in [-0.1, -0.05) is 17.7 Å². The predicted octanol–water partition coefficient (Wildman–Crippen LogP) is 3.93. The van der Waals surface area contributed by atoms with Crippen LogP contribution >= 0.6 is 11.6 Å². The maximum atomic E-state index is 12.3. The van der Waals surface area contributed by atoms with Crippen molar-refractivity contribution in [2.45, 2.75) is 25.9 Å². The number of hydrogen-bond acceptors (Lipinski definition) is 6. The second-order valence-electron chi connectivity index (χ2n) is 9.31. The number of aryl methyl sites for hydroxylation is 2. The van der Waals surface area contributed by atoms with Crippen LogP contribution in [0.25, 0.3) is 28.1 Å². The molecule has 5 rings (SSSR count). The molecule has 2 N–H and O–H groups in total. The summed E-state index contributed by atoms with van der Waals surface area (Å²) in [7, 11) is 1.68. The van der Waals surface area contributed by atoms with Gasteiger partial charge >= 0.3 is 5.69 Å². The lowest BCUT2D eigenvalue weighted by atomic mass is 10.0. The maximum Gasteiger partial charge on any atom is 0.332 e. The highest BCUT2D eigenvalue weighted by atomic mass is 35.5. The highest BCUT2D eigenvalue weighted by Gasteiger charge is 2.32. The van der Waals surface area contributed by atoms with E-state index in [1.54, 1.807) is 49.9 Å². The third kappa shape index (κ3) is 4.31. The summed E-state index contributed by atoms with van der Waals surface area (Å²) >= 11 is 6.56. The minimum absolute atomic E-state index is 0.0295. The lowest BCUT2D eigenvalue weighted by Gasteiger charge is -2.20. The quantitative estimate of drug-likeness (QED) is 0.449. The number of halogens is 1. The lowest BCUT2D eigenvalue weighted by Crippen LogP contribution is -2.29. The van der Waals surface area contributed by atoms with Crippen molar-refractivity contribution < 1.29 is 10.2 Å². The fourth-order valence-corrected chi connectivity index (χ4v) is 4.76. The van der Waals surface area contributed by atoms with Gasteiger partial charge in [0.2, 0.25) is 0 Å². The summed E-state index contributed by atoms with van der Waals surface area (Å²) < 4.78 is 2.95. The first kappa shape index (κ1) is 23.1. The molecule has 4 aromatic rings. The van der Waals surface area contributed by atoms with Crippen molar-refractivity contribution in [2.24, 2.45) is 7.05 Å². The lowest BCUT2D eigenvalue weighted by molar-refractivity contribution is 0.0839. The van der Waals surface area contributed by atoms with Gasteiger partial charge in [0.15, 0.2) is 0 Å². The van der Waals surface area contributed by atoms with E-state index >= 15 is 0 Å². The van der Waals surface area contributed by atoms with Gasteiger partial charge in [-0.05, 0) is 56.2 Å². The van der Waals surface area contributed by atoms with E-state index in [9.17, 15) is 15.0 Å².